The van der Waals surface area contributed by atoms with Crippen LogP contribution < -0.4 is 5.32 Å². The molecule has 0 saturated carbocycles. The number of amides is 2. The lowest BCUT2D eigenvalue weighted by molar-refractivity contribution is 0.0303. The molecule has 5 nitrogen and oxygen atoms in total. The van der Waals surface area contributed by atoms with E-state index >= 15 is 0 Å². The summed E-state index contributed by atoms with van der Waals surface area (Å²) in [6, 6.07) is 14.6. The van der Waals surface area contributed by atoms with E-state index in [1.54, 1.807) is 29.2 Å². The minimum Gasteiger partial charge on any atom is -0.378 e. The Labute approximate surface area is 147 Å². The second kappa shape index (κ2) is 7.94. The molecule has 1 aliphatic heterocycles. The van der Waals surface area contributed by atoms with E-state index in [0.717, 1.165) is 6.42 Å². The summed E-state index contributed by atoms with van der Waals surface area (Å²) < 4.78 is 5.28. The number of carbonyl (C=O) groups excluding carboxylic acids is 2. The largest absolute Gasteiger partial charge is 0.378 e. The number of rotatable bonds is 4. The first-order valence-electron chi connectivity index (χ1n) is 8.55. The zero-order valence-electron chi connectivity index (χ0n) is 14.3. The molecule has 0 atom stereocenters. The van der Waals surface area contributed by atoms with Crippen molar-refractivity contribution in [2.24, 2.45) is 0 Å². The molecule has 1 fully saturated rings. The fraction of sp³-hybridized carbons (Fsp3) is 0.300. The van der Waals surface area contributed by atoms with Gasteiger partial charge in [0.2, 0.25) is 0 Å². The van der Waals surface area contributed by atoms with Gasteiger partial charge in [-0.3, -0.25) is 9.59 Å². The van der Waals surface area contributed by atoms with Gasteiger partial charge in [0.15, 0.2) is 0 Å². The molecule has 0 spiro atoms. The first-order chi connectivity index (χ1) is 12.2. The lowest BCUT2D eigenvalue weighted by Crippen LogP contribution is -2.40. The number of nitrogens with one attached hydrogen (secondary N) is 1. The maximum Gasteiger partial charge on any atom is 0.255 e. The second-order valence-corrected chi connectivity index (χ2v) is 5.99. The number of aryl methyl sites for hydroxylation is 1. The third-order valence-corrected chi connectivity index (χ3v) is 4.29. The van der Waals surface area contributed by atoms with Crippen LogP contribution in [0.25, 0.3) is 0 Å². The van der Waals surface area contributed by atoms with Crippen LogP contribution in [0.3, 0.4) is 0 Å². The van der Waals surface area contributed by atoms with Crippen LogP contribution in [0.5, 0.6) is 0 Å². The summed E-state index contributed by atoms with van der Waals surface area (Å²) in [6.07, 6.45) is 0.938. The van der Waals surface area contributed by atoms with Crippen molar-refractivity contribution >= 4 is 17.5 Å². The van der Waals surface area contributed by atoms with Crippen molar-refractivity contribution in [3.8, 4) is 0 Å². The smallest absolute Gasteiger partial charge is 0.255 e. The first-order valence-corrected chi connectivity index (χ1v) is 8.55. The van der Waals surface area contributed by atoms with Crippen molar-refractivity contribution in [2.45, 2.75) is 13.3 Å². The van der Waals surface area contributed by atoms with Gasteiger partial charge in [0.1, 0.15) is 0 Å². The van der Waals surface area contributed by atoms with Gasteiger partial charge in [0, 0.05) is 29.9 Å². The van der Waals surface area contributed by atoms with Crippen LogP contribution in [0.4, 0.5) is 5.69 Å². The summed E-state index contributed by atoms with van der Waals surface area (Å²) in [4.78, 5) is 26.7. The van der Waals surface area contributed by atoms with E-state index in [1.165, 1.54) is 5.56 Å². The molecule has 1 heterocycles. The van der Waals surface area contributed by atoms with Crippen LogP contribution >= 0.6 is 0 Å². The Hall–Kier alpha value is -2.66. The molecule has 0 aromatic heterocycles. The molecule has 5 heteroatoms. The van der Waals surface area contributed by atoms with E-state index in [1.807, 2.05) is 24.3 Å². The van der Waals surface area contributed by atoms with E-state index in [-0.39, 0.29) is 11.8 Å². The Bertz CT molecular complexity index is 750. The lowest BCUT2D eigenvalue weighted by Gasteiger charge is -2.27. The van der Waals surface area contributed by atoms with Crippen molar-refractivity contribution in [3.05, 3.63) is 65.2 Å². The first kappa shape index (κ1) is 17.2. The number of ether oxygens (including phenoxy) is 1. The van der Waals surface area contributed by atoms with Crippen LogP contribution in [0.1, 0.15) is 33.2 Å². The summed E-state index contributed by atoms with van der Waals surface area (Å²) in [5.41, 5.74) is 2.97. The van der Waals surface area contributed by atoms with Gasteiger partial charge in [0.05, 0.1) is 13.2 Å². The quantitative estimate of drug-likeness (QED) is 0.932. The predicted molar refractivity (Wildman–Crippen MR) is 96.9 cm³/mol. The van der Waals surface area contributed by atoms with Gasteiger partial charge in [-0.15, -0.1) is 0 Å². The van der Waals surface area contributed by atoms with E-state index in [9.17, 15) is 9.59 Å². The minimum absolute atomic E-state index is 0.0355. The monoisotopic (exact) mass is 338 g/mol. The standard InChI is InChI=1S/C20H22N2O3/c1-2-15-6-8-16(9-7-15)19(23)21-18-5-3-4-17(14-18)20(24)22-10-12-25-13-11-22/h3-9,14H,2,10-13H2,1H3,(H,21,23). The van der Waals surface area contributed by atoms with Crippen molar-refractivity contribution in [3.63, 3.8) is 0 Å². The van der Waals surface area contributed by atoms with Crippen molar-refractivity contribution in [2.75, 3.05) is 31.6 Å². The highest BCUT2D eigenvalue weighted by Gasteiger charge is 2.18. The molecule has 2 aromatic carbocycles. The average molecular weight is 338 g/mol. The lowest BCUT2D eigenvalue weighted by atomic mass is 10.1. The predicted octanol–water partition coefficient (Wildman–Crippen LogP) is 2.97. The van der Waals surface area contributed by atoms with Gasteiger partial charge in [-0.05, 0) is 42.3 Å². The SMILES string of the molecule is CCc1ccc(C(=O)Nc2cccc(C(=O)N3CCOCC3)c2)cc1. The molecule has 2 amide bonds. The molecular formula is C20H22N2O3. The molecule has 1 N–H and O–H groups in total. The molecule has 25 heavy (non-hydrogen) atoms. The Morgan fingerprint density at radius 3 is 2.44 bits per heavy atom. The molecule has 3 rings (SSSR count). The highest BCUT2D eigenvalue weighted by Crippen LogP contribution is 2.15. The third kappa shape index (κ3) is 4.25. The minimum atomic E-state index is -0.182. The highest BCUT2D eigenvalue weighted by atomic mass is 16.5. The molecular weight excluding hydrogens is 316 g/mol. The zero-order chi connectivity index (χ0) is 17.6. The topological polar surface area (TPSA) is 58.6 Å². The number of benzene rings is 2. The molecule has 0 bridgehead atoms. The van der Waals surface area contributed by atoms with Gasteiger partial charge in [-0.2, -0.15) is 0 Å². The fourth-order valence-corrected chi connectivity index (χ4v) is 2.77. The van der Waals surface area contributed by atoms with E-state index in [4.69, 9.17) is 4.74 Å². The molecule has 1 aliphatic rings. The number of hydrogen-bond acceptors (Lipinski definition) is 3. The molecule has 2 aromatic rings. The molecule has 0 radical (unpaired) electrons. The van der Waals surface area contributed by atoms with E-state index in [2.05, 4.69) is 12.2 Å². The van der Waals surface area contributed by atoms with E-state index in [0.29, 0.717) is 43.1 Å². The van der Waals surface area contributed by atoms with Gasteiger partial charge >= 0.3 is 0 Å². The Kier molecular flexibility index (Phi) is 5.46. The summed E-state index contributed by atoms with van der Waals surface area (Å²) in [5.74, 6) is -0.217. The Balaban J connectivity index is 1.70. The van der Waals surface area contributed by atoms with E-state index < -0.39 is 0 Å². The Morgan fingerprint density at radius 1 is 1.04 bits per heavy atom. The van der Waals surface area contributed by atoms with Gasteiger partial charge in [-0.1, -0.05) is 25.1 Å². The number of nitrogens with zero attached hydrogens (tertiary/aromatic N) is 1. The third-order valence-electron chi connectivity index (χ3n) is 4.29. The van der Waals surface area contributed by atoms with Crippen LogP contribution in [0, 0.1) is 0 Å². The average Bonchev–Trinajstić information content (AvgIpc) is 2.68. The summed E-state index contributed by atoms with van der Waals surface area (Å²) in [7, 11) is 0. The maximum absolute atomic E-state index is 12.5. The van der Waals surface area contributed by atoms with Crippen molar-refractivity contribution < 1.29 is 14.3 Å². The maximum atomic E-state index is 12.5. The molecule has 0 unspecified atom stereocenters. The van der Waals surface area contributed by atoms with Crippen molar-refractivity contribution in [1.82, 2.24) is 4.90 Å². The van der Waals surface area contributed by atoms with Crippen LogP contribution in [0.2, 0.25) is 0 Å². The van der Waals surface area contributed by atoms with Gasteiger partial charge < -0.3 is 15.0 Å². The molecule has 0 aliphatic carbocycles. The van der Waals surface area contributed by atoms with Crippen LogP contribution in [-0.4, -0.2) is 43.0 Å². The highest BCUT2D eigenvalue weighted by molar-refractivity contribution is 6.05. The summed E-state index contributed by atoms with van der Waals surface area (Å²) in [5, 5.41) is 2.86. The molecule has 1 saturated heterocycles. The summed E-state index contributed by atoms with van der Waals surface area (Å²) in [6.45, 7) is 4.40. The fourth-order valence-electron chi connectivity index (χ4n) is 2.77. The second-order valence-electron chi connectivity index (χ2n) is 5.99. The number of morpholine rings is 1. The zero-order valence-corrected chi connectivity index (χ0v) is 14.3. The number of carbonyl (C=O) groups is 2. The number of anilines is 1. The van der Waals surface area contributed by atoms with Gasteiger partial charge in [0.25, 0.3) is 11.8 Å². The van der Waals surface area contributed by atoms with Crippen molar-refractivity contribution in [1.29, 1.82) is 0 Å². The number of hydrogen-bond donors (Lipinski definition) is 1. The van der Waals surface area contributed by atoms with Gasteiger partial charge in [-0.25, -0.2) is 0 Å². The van der Waals surface area contributed by atoms with Crippen LogP contribution in [0.15, 0.2) is 48.5 Å². The molecule has 130 valence electrons. The normalized spacial score (nSPS) is 14.2. The Morgan fingerprint density at radius 2 is 1.76 bits per heavy atom. The summed E-state index contributed by atoms with van der Waals surface area (Å²) >= 11 is 0. The van der Waals surface area contributed by atoms with Crippen LogP contribution in [-0.2, 0) is 11.2 Å².